The van der Waals surface area contributed by atoms with E-state index in [-0.39, 0.29) is 29.4 Å². The molecule has 22 heavy (non-hydrogen) atoms. The average Bonchev–Trinajstić information content (AvgIpc) is 2.80. The predicted octanol–water partition coefficient (Wildman–Crippen LogP) is 1.10. The molecule has 0 radical (unpaired) electrons. The van der Waals surface area contributed by atoms with Crippen molar-refractivity contribution >= 4 is 11.9 Å². The Morgan fingerprint density at radius 1 is 1.32 bits per heavy atom. The van der Waals surface area contributed by atoms with Gasteiger partial charge < -0.3 is 20.7 Å². The molecule has 3 N–H and O–H groups in total. The number of fused-ring (bicyclic) bond motifs is 2. The van der Waals surface area contributed by atoms with Crippen LogP contribution in [-0.4, -0.2) is 48.7 Å². The summed E-state index contributed by atoms with van der Waals surface area (Å²) < 4.78 is 5.30. The first kappa shape index (κ1) is 15.6. The third-order valence-electron chi connectivity index (χ3n) is 6.76. The maximum atomic E-state index is 12.6. The van der Waals surface area contributed by atoms with E-state index in [9.17, 15) is 9.59 Å². The van der Waals surface area contributed by atoms with Crippen LogP contribution in [0.5, 0.6) is 0 Å². The lowest BCUT2D eigenvalue weighted by atomic mass is 9.69. The van der Waals surface area contributed by atoms with Crippen molar-refractivity contribution in [2.24, 2.45) is 22.5 Å². The van der Waals surface area contributed by atoms with E-state index in [1.807, 2.05) is 0 Å². The molecule has 4 unspecified atom stereocenters. The second-order valence-corrected chi connectivity index (χ2v) is 7.82. The number of morpholine rings is 1. The van der Waals surface area contributed by atoms with Crippen LogP contribution in [0.25, 0.3) is 0 Å². The fourth-order valence-electron chi connectivity index (χ4n) is 4.67. The van der Waals surface area contributed by atoms with Crippen molar-refractivity contribution in [3.05, 3.63) is 0 Å². The van der Waals surface area contributed by atoms with Gasteiger partial charge in [-0.05, 0) is 36.0 Å². The number of rotatable bonds is 2. The van der Waals surface area contributed by atoms with E-state index >= 15 is 0 Å². The number of ether oxygens (including phenoxy) is 1. The molecule has 2 bridgehead atoms. The van der Waals surface area contributed by atoms with Gasteiger partial charge in [-0.3, -0.25) is 4.79 Å². The first-order chi connectivity index (χ1) is 10.3. The summed E-state index contributed by atoms with van der Waals surface area (Å²) in [4.78, 5) is 25.5. The molecule has 6 nitrogen and oxygen atoms in total. The van der Waals surface area contributed by atoms with Gasteiger partial charge in [0.2, 0.25) is 5.91 Å². The lowest BCUT2D eigenvalue weighted by Crippen LogP contribution is -2.56. The van der Waals surface area contributed by atoms with E-state index in [0.29, 0.717) is 19.1 Å². The number of carbonyl (C=O) groups is 2. The van der Waals surface area contributed by atoms with Crippen molar-refractivity contribution in [3.63, 3.8) is 0 Å². The van der Waals surface area contributed by atoms with E-state index in [0.717, 1.165) is 6.42 Å². The number of carbonyl (C=O) groups excluding carboxylic acids is 2. The van der Waals surface area contributed by atoms with Crippen molar-refractivity contribution in [2.45, 2.75) is 52.2 Å². The van der Waals surface area contributed by atoms with Crippen molar-refractivity contribution < 1.29 is 14.3 Å². The highest BCUT2D eigenvalue weighted by atomic mass is 16.5. The number of nitrogens with zero attached hydrogens (tertiary/aromatic N) is 1. The van der Waals surface area contributed by atoms with Gasteiger partial charge >= 0.3 is 6.03 Å². The summed E-state index contributed by atoms with van der Waals surface area (Å²) in [6.45, 7) is 8.07. The van der Waals surface area contributed by atoms with Crippen molar-refractivity contribution in [1.29, 1.82) is 0 Å². The molecule has 3 rings (SSSR count). The Bertz CT molecular complexity index is 493. The zero-order chi connectivity index (χ0) is 16.1. The topological polar surface area (TPSA) is 84.7 Å². The largest absolute Gasteiger partial charge is 0.367 e. The Morgan fingerprint density at radius 3 is 2.59 bits per heavy atom. The number of urea groups is 1. The standard InChI is InChI=1S/C16H27N3O3/c1-15(2)10-4-5-16(15,3)12(8-10)18-14(21)19-6-7-22-11(9-19)13(17)20/h10-12H,4-9H2,1-3H3,(H2,17,20)(H,18,21). The summed E-state index contributed by atoms with van der Waals surface area (Å²) in [5, 5.41) is 3.21. The van der Waals surface area contributed by atoms with Crippen LogP contribution in [0.4, 0.5) is 4.79 Å². The molecule has 2 aliphatic carbocycles. The highest BCUT2D eigenvalue weighted by molar-refractivity contribution is 5.81. The van der Waals surface area contributed by atoms with E-state index in [2.05, 4.69) is 26.1 Å². The van der Waals surface area contributed by atoms with Crippen molar-refractivity contribution in [3.8, 4) is 0 Å². The van der Waals surface area contributed by atoms with Crippen LogP contribution in [0.3, 0.4) is 0 Å². The lowest BCUT2D eigenvalue weighted by Gasteiger charge is -2.40. The molecular formula is C16H27N3O3. The molecule has 2 saturated carbocycles. The van der Waals surface area contributed by atoms with Gasteiger partial charge in [0.15, 0.2) is 6.10 Å². The lowest BCUT2D eigenvalue weighted by molar-refractivity contribution is -0.133. The van der Waals surface area contributed by atoms with Gasteiger partial charge in [0.25, 0.3) is 0 Å². The maximum absolute atomic E-state index is 12.6. The quantitative estimate of drug-likeness (QED) is 0.801. The monoisotopic (exact) mass is 309 g/mol. The Labute approximate surface area is 131 Å². The molecule has 124 valence electrons. The third kappa shape index (κ3) is 2.19. The van der Waals surface area contributed by atoms with Crippen molar-refractivity contribution in [1.82, 2.24) is 10.2 Å². The van der Waals surface area contributed by atoms with E-state index < -0.39 is 12.0 Å². The van der Waals surface area contributed by atoms with Crippen molar-refractivity contribution in [2.75, 3.05) is 19.7 Å². The van der Waals surface area contributed by atoms with E-state index in [1.165, 1.54) is 12.8 Å². The first-order valence-corrected chi connectivity index (χ1v) is 8.22. The minimum Gasteiger partial charge on any atom is -0.367 e. The second-order valence-electron chi connectivity index (χ2n) is 7.82. The zero-order valence-corrected chi connectivity index (χ0v) is 13.7. The highest BCUT2D eigenvalue weighted by Gasteiger charge is 2.61. The number of amides is 3. The minimum atomic E-state index is -0.688. The summed E-state index contributed by atoms with van der Waals surface area (Å²) >= 11 is 0. The maximum Gasteiger partial charge on any atom is 0.317 e. The number of hydrogen-bond donors (Lipinski definition) is 2. The summed E-state index contributed by atoms with van der Waals surface area (Å²) in [5.74, 6) is 0.177. The van der Waals surface area contributed by atoms with Gasteiger partial charge in [-0.2, -0.15) is 0 Å². The summed E-state index contributed by atoms with van der Waals surface area (Å²) in [5.41, 5.74) is 5.70. The molecule has 4 atom stereocenters. The van der Waals surface area contributed by atoms with Crippen LogP contribution in [0.15, 0.2) is 0 Å². The van der Waals surface area contributed by atoms with Crippen LogP contribution < -0.4 is 11.1 Å². The van der Waals surface area contributed by atoms with Crippen LogP contribution in [0.1, 0.15) is 40.0 Å². The zero-order valence-electron chi connectivity index (χ0n) is 13.7. The Morgan fingerprint density at radius 2 is 2.05 bits per heavy atom. The van der Waals surface area contributed by atoms with Gasteiger partial charge in [0.1, 0.15) is 0 Å². The van der Waals surface area contributed by atoms with E-state index in [4.69, 9.17) is 10.5 Å². The molecule has 0 spiro atoms. The van der Waals surface area contributed by atoms with Crippen LogP contribution in [0.2, 0.25) is 0 Å². The third-order valence-corrected chi connectivity index (χ3v) is 6.76. The summed E-state index contributed by atoms with van der Waals surface area (Å²) in [6, 6.07) is 0.118. The van der Waals surface area contributed by atoms with Gasteiger partial charge in [-0.15, -0.1) is 0 Å². The molecule has 6 heteroatoms. The molecule has 3 aliphatic rings. The molecule has 1 saturated heterocycles. The minimum absolute atomic E-state index is 0.0934. The fourth-order valence-corrected chi connectivity index (χ4v) is 4.67. The molecule has 3 amide bonds. The molecule has 1 heterocycles. The first-order valence-electron chi connectivity index (χ1n) is 8.22. The van der Waals surface area contributed by atoms with Crippen LogP contribution >= 0.6 is 0 Å². The van der Waals surface area contributed by atoms with Crippen LogP contribution in [0, 0.1) is 16.7 Å². The number of nitrogens with two attached hydrogens (primary N) is 1. The Hall–Kier alpha value is -1.30. The predicted molar refractivity (Wildman–Crippen MR) is 82.1 cm³/mol. The van der Waals surface area contributed by atoms with Gasteiger partial charge in [-0.25, -0.2) is 4.79 Å². The molecule has 3 fully saturated rings. The van der Waals surface area contributed by atoms with Gasteiger partial charge in [0, 0.05) is 12.6 Å². The molecule has 0 aromatic carbocycles. The number of hydrogen-bond acceptors (Lipinski definition) is 3. The SMILES string of the molecule is CC1(C)C2CCC1(C)C(NC(=O)N1CCOC(C(N)=O)C1)C2. The Kier molecular flexibility index (Phi) is 3.62. The fraction of sp³-hybridized carbons (Fsp3) is 0.875. The molecule has 1 aliphatic heterocycles. The molecule has 0 aromatic rings. The normalized spacial score (nSPS) is 39.8. The Balaban J connectivity index is 1.64. The molecular weight excluding hydrogens is 282 g/mol. The number of nitrogens with one attached hydrogen (secondary N) is 1. The van der Waals surface area contributed by atoms with Crippen LogP contribution in [-0.2, 0) is 9.53 Å². The molecule has 0 aromatic heterocycles. The highest BCUT2D eigenvalue weighted by Crippen LogP contribution is 2.65. The summed E-state index contributed by atoms with van der Waals surface area (Å²) in [6.07, 6.45) is 2.80. The van der Waals surface area contributed by atoms with Gasteiger partial charge in [0.05, 0.1) is 13.2 Å². The second kappa shape index (κ2) is 5.11. The average molecular weight is 309 g/mol. The summed E-state index contributed by atoms with van der Waals surface area (Å²) in [7, 11) is 0. The number of primary amides is 1. The van der Waals surface area contributed by atoms with Gasteiger partial charge in [-0.1, -0.05) is 20.8 Å². The smallest absolute Gasteiger partial charge is 0.317 e. The van der Waals surface area contributed by atoms with E-state index in [1.54, 1.807) is 4.90 Å².